The molecule has 1 saturated heterocycles. The maximum Gasteiger partial charge on any atom is 0.165 e. The number of aryl methyl sites for hydroxylation is 1. The van der Waals surface area contributed by atoms with E-state index in [9.17, 15) is 4.39 Å². The first-order valence-corrected chi connectivity index (χ1v) is 10.4. The minimum absolute atomic E-state index is 0.234. The van der Waals surface area contributed by atoms with Crippen LogP contribution in [-0.4, -0.2) is 47.6 Å². The van der Waals surface area contributed by atoms with Gasteiger partial charge in [0.25, 0.3) is 0 Å². The van der Waals surface area contributed by atoms with E-state index in [1.54, 1.807) is 6.07 Å². The number of halogens is 1. The number of hydrogen-bond donors (Lipinski definition) is 0. The summed E-state index contributed by atoms with van der Waals surface area (Å²) in [6.07, 6.45) is 3.32. The summed E-state index contributed by atoms with van der Waals surface area (Å²) in [6.45, 7) is 7.46. The molecule has 158 valence electrons. The molecule has 1 aliphatic rings. The van der Waals surface area contributed by atoms with Crippen molar-refractivity contribution < 1.29 is 13.9 Å². The predicted octanol–water partition coefficient (Wildman–Crippen LogP) is 4.61. The molecular weight excluding hydrogens is 381 g/mol. The minimum atomic E-state index is -0.385. The van der Waals surface area contributed by atoms with E-state index >= 15 is 0 Å². The maximum absolute atomic E-state index is 14.4. The van der Waals surface area contributed by atoms with E-state index in [0.717, 1.165) is 60.7 Å². The Kier molecular flexibility index (Phi) is 6.16. The molecule has 0 spiro atoms. The molecule has 1 atom stereocenters. The second kappa shape index (κ2) is 8.98. The molecule has 0 aliphatic carbocycles. The van der Waals surface area contributed by atoms with Crippen LogP contribution in [0.3, 0.4) is 0 Å². The Morgan fingerprint density at radius 3 is 2.80 bits per heavy atom. The van der Waals surface area contributed by atoms with Gasteiger partial charge in [-0.1, -0.05) is 25.1 Å². The molecule has 2 aromatic carbocycles. The highest BCUT2D eigenvalue weighted by Gasteiger charge is 2.22. The van der Waals surface area contributed by atoms with Crippen LogP contribution in [0.15, 0.2) is 48.7 Å². The molecule has 30 heavy (non-hydrogen) atoms. The van der Waals surface area contributed by atoms with Gasteiger partial charge in [-0.05, 0) is 43.2 Å². The molecule has 0 bridgehead atoms. The molecule has 0 amide bonds. The number of methoxy groups -OCH3 is 1. The minimum Gasteiger partial charge on any atom is -0.494 e. The number of morpholine rings is 1. The fraction of sp³-hybridized carbons (Fsp3) is 0.375. The summed E-state index contributed by atoms with van der Waals surface area (Å²) in [7, 11) is 1.47. The van der Waals surface area contributed by atoms with E-state index in [2.05, 4.69) is 31.0 Å². The molecule has 4 rings (SSSR count). The van der Waals surface area contributed by atoms with Crippen molar-refractivity contribution in [3.05, 3.63) is 65.6 Å². The number of benzene rings is 2. The first kappa shape index (κ1) is 20.6. The van der Waals surface area contributed by atoms with Crippen LogP contribution >= 0.6 is 0 Å². The van der Waals surface area contributed by atoms with Gasteiger partial charge in [-0.2, -0.15) is 5.10 Å². The molecule has 5 nitrogen and oxygen atoms in total. The number of nitrogens with zero attached hydrogens (tertiary/aromatic N) is 3. The van der Waals surface area contributed by atoms with E-state index in [-0.39, 0.29) is 17.7 Å². The largest absolute Gasteiger partial charge is 0.494 e. The van der Waals surface area contributed by atoms with Crippen LogP contribution in [0.5, 0.6) is 5.75 Å². The molecule has 0 N–H and O–H groups in total. The summed E-state index contributed by atoms with van der Waals surface area (Å²) >= 11 is 0. The van der Waals surface area contributed by atoms with Gasteiger partial charge in [0.15, 0.2) is 11.6 Å². The van der Waals surface area contributed by atoms with Crippen molar-refractivity contribution in [1.29, 1.82) is 0 Å². The van der Waals surface area contributed by atoms with E-state index in [1.165, 1.54) is 13.2 Å². The first-order valence-electron chi connectivity index (χ1n) is 10.4. The van der Waals surface area contributed by atoms with E-state index in [0.29, 0.717) is 0 Å². The van der Waals surface area contributed by atoms with Crippen LogP contribution in [0.1, 0.15) is 24.5 Å². The average molecular weight is 410 g/mol. The smallest absolute Gasteiger partial charge is 0.165 e. The fourth-order valence-electron chi connectivity index (χ4n) is 3.94. The Hall–Kier alpha value is -2.70. The van der Waals surface area contributed by atoms with Crippen LogP contribution < -0.4 is 4.74 Å². The lowest BCUT2D eigenvalue weighted by Gasteiger charge is -2.32. The molecule has 0 saturated carbocycles. The van der Waals surface area contributed by atoms with Gasteiger partial charge in [-0.25, -0.2) is 9.07 Å². The van der Waals surface area contributed by atoms with Crippen LogP contribution in [0, 0.1) is 12.7 Å². The van der Waals surface area contributed by atoms with Crippen molar-refractivity contribution in [2.45, 2.75) is 32.9 Å². The van der Waals surface area contributed by atoms with Gasteiger partial charge >= 0.3 is 0 Å². The van der Waals surface area contributed by atoms with Crippen LogP contribution in [0.4, 0.5) is 4.39 Å². The molecular formula is C24H28FN3O2. The Balaban J connectivity index is 1.73. The highest BCUT2D eigenvalue weighted by molar-refractivity contribution is 5.64. The summed E-state index contributed by atoms with van der Waals surface area (Å²) in [4.78, 5) is 2.39. The number of para-hydroxylation sites is 1. The molecule has 6 heteroatoms. The number of hydrogen-bond acceptors (Lipinski definition) is 4. The lowest BCUT2D eigenvalue weighted by molar-refractivity contribution is -0.0324. The second-order valence-electron chi connectivity index (χ2n) is 7.72. The molecule has 1 aromatic heterocycles. The lowest BCUT2D eigenvalue weighted by Crippen LogP contribution is -2.41. The van der Waals surface area contributed by atoms with Gasteiger partial charge in [-0.15, -0.1) is 0 Å². The van der Waals surface area contributed by atoms with Gasteiger partial charge in [-0.3, -0.25) is 4.90 Å². The van der Waals surface area contributed by atoms with Crippen molar-refractivity contribution in [2.75, 3.05) is 26.8 Å². The van der Waals surface area contributed by atoms with Crippen LogP contribution in [0.2, 0.25) is 0 Å². The topological polar surface area (TPSA) is 39.5 Å². The third-order valence-electron chi connectivity index (χ3n) is 5.65. The standard InChI is InChI=1S/C24H28FN3O2/c1-4-20-16-27(11-12-30-20)14-19-15-28(22-8-6-5-7-17(22)2)26-24(19)18-9-10-23(29-3)21(25)13-18/h5-10,13,15,20H,4,11-12,14,16H2,1-3H3/t20-/m1/s1. The zero-order valence-electron chi connectivity index (χ0n) is 17.8. The molecule has 2 heterocycles. The van der Waals surface area contributed by atoms with Crippen molar-refractivity contribution >= 4 is 0 Å². The third-order valence-corrected chi connectivity index (χ3v) is 5.65. The zero-order chi connectivity index (χ0) is 21.1. The average Bonchev–Trinajstić information content (AvgIpc) is 3.17. The lowest BCUT2D eigenvalue weighted by atomic mass is 10.1. The predicted molar refractivity (Wildman–Crippen MR) is 116 cm³/mol. The summed E-state index contributed by atoms with van der Waals surface area (Å²) in [5, 5.41) is 4.86. The molecule has 1 aliphatic heterocycles. The molecule has 3 aromatic rings. The normalized spacial score (nSPS) is 17.3. The monoisotopic (exact) mass is 409 g/mol. The zero-order valence-corrected chi connectivity index (χ0v) is 17.8. The maximum atomic E-state index is 14.4. The summed E-state index contributed by atoms with van der Waals surface area (Å²) < 4.78 is 27.2. The number of aromatic nitrogens is 2. The van der Waals surface area contributed by atoms with Gasteiger partial charge in [0.2, 0.25) is 0 Å². The van der Waals surface area contributed by atoms with Gasteiger partial charge in [0, 0.05) is 37.0 Å². The van der Waals surface area contributed by atoms with E-state index in [1.807, 2.05) is 28.9 Å². The van der Waals surface area contributed by atoms with Gasteiger partial charge in [0.05, 0.1) is 31.2 Å². The molecule has 1 fully saturated rings. The molecule has 0 unspecified atom stereocenters. The quantitative estimate of drug-likeness (QED) is 0.596. The number of ether oxygens (including phenoxy) is 2. The Morgan fingerprint density at radius 2 is 2.07 bits per heavy atom. The van der Waals surface area contributed by atoms with Crippen molar-refractivity contribution in [3.63, 3.8) is 0 Å². The summed E-state index contributed by atoms with van der Waals surface area (Å²) in [5.41, 5.74) is 4.76. The summed E-state index contributed by atoms with van der Waals surface area (Å²) in [6, 6.07) is 13.2. The van der Waals surface area contributed by atoms with E-state index < -0.39 is 0 Å². The SMILES string of the molecule is CC[C@@H]1CN(Cc2cn(-c3ccccc3C)nc2-c2ccc(OC)c(F)c2)CCO1. The Morgan fingerprint density at radius 1 is 1.23 bits per heavy atom. The fourth-order valence-corrected chi connectivity index (χ4v) is 3.94. The van der Waals surface area contributed by atoms with Crippen molar-refractivity contribution in [1.82, 2.24) is 14.7 Å². The second-order valence-corrected chi connectivity index (χ2v) is 7.72. The van der Waals surface area contributed by atoms with Crippen molar-refractivity contribution in [2.24, 2.45) is 0 Å². The van der Waals surface area contributed by atoms with E-state index in [4.69, 9.17) is 14.6 Å². The highest BCUT2D eigenvalue weighted by atomic mass is 19.1. The number of rotatable bonds is 6. The van der Waals surface area contributed by atoms with Crippen molar-refractivity contribution in [3.8, 4) is 22.7 Å². The summed E-state index contributed by atoms with van der Waals surface area (Å²) in [5.74, 6) is -0.151. The van der Waals surface area contributed by atoms with Crippen LogP contribution in [-0.2, 0) is 11.3 Å². The highest BCUT2D eigenvalue weighted by Crippen LogP contribution is 2.29. The molecule has 0 radical (unpaired) electrons. The van der Waals surface area contributed by atoms with Crippen LogP contribution in [0.25, 0.3) is 16.9 Å². The Labute approximate surface area is 177 Å². The third kappa shape index (κ3) is 4.25. The van der Waals surface area contributed by atoms with Gasteiger partial charge in [0.1, 0.15) is 0 Å². The first-order chi connectivity index (χ1) is 14.6. The van der Waals surface area contributed by atoms with Gasteiger partial charge < -0.3 is 9.47 Å². The Bertz CT molecular complexity index is 1020.